The quantitative estimate of drug-likeness (QED) is 0.906. The lowest BCUT2D eigenvalue weighted by Crippen LogP contribution is -2.41. The molecule has 0 unspecified atom stereocenters. The Balaban J connectivity index is 1.89. The zero-order valence-electron chi connectivity index (χ0n) is 12.1. The third-order valence-corrected chi connectivity index (χ3v) is 4.15. The highest BCUT2D eigenvalue weighted by molar-refractivity contribution is 5.95. The number of nitrogens with one attached hydrogen (secondary N) is 1. The minimum Gasteiger partial charge on any atom is -0.349 e. The lowest BCUT2D eigenvalue weighted by molar-refractivity contribution is 0.0915. The average Bonchev–Trinajstić information content (AvgIpc) is 2.39. The molecule has 1 fully saturated rings. The number of rotatable bonds is 3. The highest BCUT2D eigenvalue weighted by atomic mass is 16.1. The molecule has 3 heteroatoms. The van der Waals surface area contributed by atoms with Gasteiger partial charge in [0.05, 0.1) is 0 Å². The lowest BCUT2D eigenvalue weighted by atomic mass is 9.90. The molecule has 1 aliphatic carbocycles. The molecule has 1 aliphatic rings. The third kappa shape index (κ3) is 3.57. The van der Waals surface area contributed by atoms with E-state index >= 15 is 0 Å². The molecule has 104 valence electrons. The van der Waals surface area contributed by atoms with E-state index < -0.39 is 0 Å². The maximum Gasteiger partial charge on any atom is 0.251 e. The average molecular weight is 260 g/mol. The first-order chi connectivity index (χ1) is 9.08. The summed E-state index contributed by atoms with van der Waals surface area (Å²) in [6.45, 7) is 1.98. The standard InChI is InChI=1S/C16H24N2O/c1-12-6-4-5-7-15(12)16(19)17-13-8-10-14(11-9-13)18(2)3/h4-7,13-14H,8-11H2,1-3H3,(H,17,19)/t13-,14+. The molecule has 0 spiro atoms. The van der Waals surface area contributed by atoms with Crippen LogP contribution in [0.4, 0.5) is 0 Å². The van der Waals surface area contributed by atoms with Crippen molar-refractivity contribution in [1.82, 2.24) is 10.2 Å². The van der Waals surface area contributed by atoms with Crippen LogP contribution >= 0.6 is 0 Å². The Labute approximate surface area is 116 Å². The molecule has 0 bridgehead atoms. The number of carbonyl (C=O) groups excluding carboxylic acids is 1. The largest absolute Gasteiger partial charge is 0.349 e. The molecular formula is C16H24N2O. The predicted molar refractivity (Wildman–Crippen MR) is 78.4 cm³/mol. The molecule has 0 aromatic heterocycles. The molecule has 1 aromatic rings. The zero-order valence-corrected chi connectivity index (χ0v) is 12.1. The van der Waals surface area contributed by atoms with E-state index in [-0.39, 0.29) is 5.91 Å². The molecule has 0 saturated heterocycles. The second-order valence-electron chi connectivity index (χ2n) is 5.76. The summed E-state index contributed by atoms with van der Waals surface area (Å²) in [6.07, 6.45) is 4.51. The summed E-state index contributed by atoms with van der Waals surface area (Å²) in [4.78, 5) is 14.5. The number of nitrogens with zero attached hydrogens (tertiary/aromatic N) is 1. The summed E-state index contributed by atoms with van der Waals surface area (Å²) in [6, 6.07) is 8.78. The number of benzene rings is 1. The number of hydrogen-bond donors (Lipinski definition) is 1. The Kier molecular flexibility index (Phi) is 4.59. The number of hydrogen-bond acceptors (Lipinski definition) is 2. The summed E-state index contributed by atoms with van der Waals surface area (Å²) >= 11 is 0. The third-order valence-electron chi connectivity index (χ3n) is 4.15. The van der Waals surface area contributed by atoms with Gasteiger partial charge in [-0.2, -0.15) is 0 Å². The Morgan fingerprint density at radius 3 is 2.37 bits per heavy atom. The van der Waals surface area contributed by atoms with Gasteiger partial charge in [-0.25, -0.2) is 0 Å². The van der Waals surface area contributed by atoms with Gasteiger partial charge >= 0.3 is 0 Å². The fourth-order valence-electron chi connectivity index (χ4n) is 2.83. The van der Waals surface area contributed by atoms with Gasteiger partial charge in [-0.1, -0.05) is 18.2 Å². The molecule has 2 rings (SSSR count). The van der Waals surface area contributed by atoms with Crippen molar-refractivity contribution in [2.24, 2.45) is 0 Å². The Hall–Kier alpha value is -1.35. The van der Waals surface area contributed by atoms with Gasteiger partial charge in [0.15, 0.2) is 0 Å². The van der Waals surface area contributed by atoms with E-state index in [1.54, 1.807) is 0 Å². The minimum absolute atomic E-state index is 0.0754. The number of amides is 1. The molecule has 1 saturated carbocycles. The van der Waals surface area contributed by atoms with E-state index in [2.05, 4.69) is 24.3 Å². The van der Waals surface area contributed by atoms with Crippen LogP contribution in [0.2, 0.25) is 0 Å². The topological polar surface area (TPSA) is 32.3 Å². The summed E-state index contributed by atoms with van der Waals surface area (Å²) in [7, 11) is 4.27. The molecule has 1 amide bonds. The van der Waals surface area contributed by atoms with Gasteiger partial charge in [-0.15, -0.1) is 0 Å². The highest BCUT2D eigenvalue weighted by Crippen LogP contribution is 2.22. The van der Waals surface area contributed by atoms with Crippen molar-refractivity contribution in [2.75, 3.05) is 14.1 Å². The first-order valence-corrected chi connectivity index (χ1v) is 7.11. The molecule has 1 aromatic carbocycles. The maximum atomic E-state index is 12.2. The molecule has 0 aliphatic heterocycles. The van der Waals surface area contributed by atoms with Crippen molar-refractivity contribution in [2.45, 2.75) is 44.7 Å². The summed E-state index contributed by atoms with van der Waals surface area (Å²) in [5.74, 6) is 0.0754. The van der Waals surface area contributed by atoms with Crippen LogP contribution in [0.1, 0.15) is 41.6 Å². The summed E-state index contributed by atoms with van der Waals surface area (Å²) in [5.41, 5.74) is 1.85. The van der Waals surface area contributed by atoms with Gasteiger partial charge in [0.2, 0.25) is 0 Å². The van der Waals surface area contributed by atoms with Crippen LogP contribution < -0.4 is 5.32 Å². The number of aryl methyl sites for hydroxylation is 1. The van der Waals surface area contributed by atoms with Crippen molar-refractivity contribution in [1.29, 1.82) is 0 Å². The van der Waals surface area contributed by atoms with Crippen molar-refractivity contribution in [3.8, 4) is 0 Å². The molecule has 0 radical (unpaired) electrons. The van der Waals surface area contributed by atoms with Crippen molar-refractivity contribution in [3.63, 3.8) is 0 Å². The van der Waals surface area contributed by atoms with Gasteiger partial charge in [-0.3, -0.25) is 4.79 Å². The van der Waals surface area contributed by atoms with Crippen molar-refractivity contribution >= 4 is 5.91 Å². The second kappa shape index (κ2) is 6.20. The van der Waals surface area contributed by atoms with E-state index in [0.29, 0.717) is 12.1 Å². The van der Waals surface area contributed by atoms with Crippen molar-refractivity contribution in [3.05, 3.63) is 35.4 Å². The molecule has 3 nitrogen and oxygen atoms in total. The van der Waals surface area contributed by atoms with Gasteiger partial charge < -0.3 is 10.2 Å². The SMILES string of the molecule is Cc1ccccc1C(=O)N[C@H]1CC[C@@H](N(C)C)CC1. The van der Waals surface area contributed by atoms with Crippen LogP contribution in [0, 0.1) is 6.92 Å². The first-order valence-electron chi connectivity index (χ1n) is 7.11. The smallest absolute Gasteiger partial charge is 0.251 e. The molecule has 0 heterocycles. The number of carbonyl (C=O) groups is 1. The van der Waals surface area contributed by atoms with E-state index in [9.17, 15) is 4.79 Å². The Bertz CT molecular complexity index is 434. The van der Waals surface area contributed by atoms with Gasteiger partial charge in [-0.05, 0) is 58.3 Å². The second-order valence-corrected chi connectivity index (χ2v) is 5.76. The normalized spacial score (nSPS) is 23.4. The van der Waals surface area contributed by atoms with E-state index in [1.165, 1.54) is 12.8 Å². The van der Waals surface area contributed by atoms with Crippen LogP contribution in [0.15, 0.2) is 24.3 Å². The zero-order chi connectivity index (χ0) is 13.8. The van der Waals surface area contributed by atoms with Crippen LogP contribution in [0.25, 0.3) is 0 Å². The van der Waals surface area contributed by atoms with E-state index in [4.69, 9.17) is 0 Å². The van der Waals surface area contributed by atoms with Crippen LogP contribution in [-0.4, -0.2) is 37.0 Å². The van der Waals surface area contributed by atoms with Crippen LogP contribution in [0.5, 0.6) is 0 Å². The van der Waals surface area contributed by atoms with Crippen molar-refractivity contribution < 1.29 is 4.79 Å². The molecular weight excluding hydrogens is 236 g/mol. The minimum atomic E-state index is 0.0754. The van der Waals surface area contributed by atoms with E-state index in [0.717, 1.165) is 24.0 Å². The summed E-state index contributed by atoms with van der Waals surface area (Å²) < 4.78 is 0. The van der Waals surface area contributed by atoms with Gasteiger partial charge in [0, 0.05) is 17.6 Å². The van der Waals surface area contributed by atoms with Gasteiger partial charge in [0.25, 0.3) is 5.91 Å². The lowest BCUT2D eigenvalue weighted by Gasteiger charge is -2.33. The molecule has 1 N–H and O–H groups in total. The van der Waals surface area contributed by atoms with Crippen LogP contribution in [0.3, 0.4) is 0 Å². The Morgan fingerprint density at radius 1 is 1.16 bits per heavy atom. The Morgan fingerprint density at radius 2 is 1.79 bits per heavy atom. The van der Waals surface area contributed by atoms with Crippen LogP contribution in [-0.2, 0) is 0 Å². The monoisotopic (exact) mass is 260 g/mol. The fourth-order valence-corrected chi connectivity index (χ4v) is 2.83. The first kappa shape index (κ1) is 14.1. The predicted octanol–water partition coefficient (Wildman–Crippen LogP) is 2.60. The summed E-state index contributed by atoms with van der Waals surface area (Å²) in [5, 5.41) is 3.18. The van der Waals surface area contributed by atoms with E-state index in [1.807, 2.05) is 31.2 Å². The molecule has 0 atom stereocenters. The maximum absolute atomic E-state index is 12.2. The highest BCUT2D eigenvalue weighted by Gasteiger charge is 2.23. The van der Waals surface area contributed by atoms with Gasteiger partial charge in [0.1, 0.15) is 0 Å². The fraction of sp³-hybridized carbons (Fsp3) is 0.562. The molecule has 19 heavy (non-hydrogen) atoms.